The fourth-order valence-electron chi connectivity index (χ4n) is 4.63. The quantitative estimate of drug-likeness (QED) is 0.189. The maximum Gasteiger partial charge on any atom is 0.422 e. The molecule has 0 amide bonds. The number of nitrogens with zero attached hydrogens (tertiary/aromatic N) is 4. The maximum atomic E-state index is 14.9. The topological polar surface area (TPSA) is 62.6 Å². The van der Waals surface area contributed by atoms with Gasteiger partial charge in [0.2, 0.25) is 0 Å². The molecule has 11 heteroatoms. The first-order valence-corrected chi connectivity index (χ1v) is 14.6. The minimum atomic E-state index is -4.67. The zero-order valence-electron chi connectivity index (χ0n) is 23.0. The monoisotopic (exact) mass is 599 g/mol. The van der Waals surface area contributed by atoms with E-state index < -0.39 is 11.7 Å². The van der Waals surface area contributed by atoms with Crippen molar-refractivity contribution in [2.24, 2.45) is 10.9 Å². The van der Waals surface area contributed by atoms with Gasteiger partial charge in [-0.05, 0) is 80.6 Å². The van der Waals surface area contributed by atoms with Crippen molar-refractivity contribution in [3.05, 3.63) is 89.6 Å². The summed E-state index contributed by atoms with van der Waals surface area (Å²) in [4.78, 5) is 7.29. The van der Waals surface area contributed by atoms with Gasteiger partial charge in [0.05, 0.1) is 29.2 Å². The van der Waals surface area contributed by atoms with E-state index in [1.807, 2.05) is 30.3 Å². The second-order valence-electron chi connectivity index (χ2n) is 9.70. The Bertz CT molecular complexity index is 1400. The van der Waals surface area contributed by atoms with Gasteiger partial charge in [-0.2, -0.15) is 23.4 Å². The molecule has 2 aromatic carbocycles. The molecule has 2 atom stereocenters. The van der Waals surface area contributed by atoms with Crippen molar-refractivity contribution in [1.29, 1.82) is 0 Å². The first kappa shape index (κ1) is 30.8. The van der Waals surface area contributed by atoms with Gasteiger partial charge in [0.25, 0.3) is 0 Å². The van der Waals surface area contributed by atoms with Crippen LogP contribution in [0.3, 0.4) is 0 Å². The molecule has 0 saturated carbocycles. The molecule has 1 unspecified atom stereocenters. The van der Waals surface area contributed by atoms with E-state index in [1.165, 1.54) is 17.8 Å². The van der Waals surface area contributed by atoms with Gasteiger partial charge in [-0.15, -0.1) is 0 Å². The highest BCUT2D eigenvalue weighted by atomic mass is 32.2. The Balaban J connectivity index is 1.76. The minimum Gasteiger partial charge on any atom is -0.457 e. The molecule has 1 saturated heterocycles. The van der Waals surface area contributed by atoms with Crippen molar-refractivity contribution in [2.75, 3.05) is 31.6 Å². The van der Waals surface area contributed by atoms with E-state index in [0.717, 1.165) is 35.4 Å². The fraction of sp³-hybridized carbons (Fsp3) is 0.300. The lowest BCUT2D eigenvalue weighted by Crippen LogP contribution is -2.40. The zero-order valence-corrected chi connectivity index (χ0v) is 25.0. The summed E-state index contributed by atoms with van der Waals surface area (Å²) in [5.74, 6) is 0.301. The van der Waals surface area contributed by atoms with E-state index in [-0.39, 0.29) is 23.0 Å². The Labute approximate surface area is 245 Å². The normalized spacial score (nSPS) is 16.5. The van der Waals surface area contributed by atoms with Crippen LogP contribution in [0.2, 0.25) is 0 Å². The van der Waals surface area contributed by atoms with Gasteiger partial charge >= 0.3 is 6.18 Å². The van der Waals surface area contributed by atoms with Crippen molar-refractivity contribution in [3.8, 4) is 11.5 Å². The van der Waals surface area contributed by atoms with E-state index in [0.29, 0.717) is 24.3 Å². The highest BCUT2D eigenvalue weighted by Gasteiger charge is 2.41. The van der Waals surface area contributed by atoms with E-state index in [2.05, 4.69) is 31.3 Å². The summed E-state index contributed by atoms with van der Waals surface area (Å²) >= 11 is 1.39. The van der Waals surface area contributed by atoms with Crippen LogP contribution in [0.15, 0.2) is 83.5 Å². The number of piperidine rings is 1. The Morgan fingerprint density at radius 2 is 2.00 bits per heavy atom. The molecule has 4 rings (SSSR count). The Kier molecular flexibility index (Phi) is 10.6. The Hall–Kier alpha value is -3.20. The summed E-state index contributed by atoms with van der Waals surface area (Å²) in [6.07, 6.45) is 0.276. The van der Waals surface area contributed by atoms with Crippen LogP contribution in [0.4, 0.5) is 24.5 Å². The molecular formula is C30H33F3N5OPS. The lowest BCUT2D eigenvalue weighted by atomic mass is 9.96. The second kappa shape index (κ2) is 14.1. The van der Waals surface area contributed by atoms with Gasteiger partial charge in [-0.1, -0.05) is 45.8 Å². The molecule has 1 N–H and O–H groups in total. The van der Waals surface area contributed by atoms with Gasteiger partial charge < -0.3 is 15.0 Å². The lowest BCUT2D eigenvalue weighted by Gasteiger charge is -2.37. The van der Waals surface area contributed by atoms with Gasteiger partial charge in [0, 0.05) is 23.6 Å². The maximum absolute atomic E-state index is 14.9. The number of hydrogen-bond donors (Lipinski definition) is 1. The second-order valence-corrected chi connectivity index (χ2v) is 11.2. The van der Waals surface area contributed by atoms with Crippen LogP contribution >= 0.6 is 21.0 Å². The third kappa shape index (κ3) is 8.18. The average Bonchev–Trinajstić information content (AvgIpc) is 2.97. The molecule has 0 radical (unpaired) electrons. The molecule has 6 nitrogen and oxygen atoms in total. The smallest absolute Gasteiger partial charge is 0.422 e. The summed E-state index contributed by atoms with van der Waals surface area (Å²) in [6, 6.07) is 13.3. The number of halogens is 3. The van der Waals surface area contributed by atoms with Gasteiger partial charge in [-0.25, -0.2) is 4.99 Å². The highest BCUT2D eigenvalue weighted by Crippen LogP contribution is 2.49. The summed E-state index contributed by atoms with van der Waals surface area (Å²) in [7, 11) is 4.42. The first-order valence-electron chi connectivity index (χ1n) is 13.2. The highest BCUT2D eigenvalue weighted by molar-refractivity contribution is 8.10. The Morgan fingerprint density at radius 1 is 1.22 bits per heavy atom. The number of anilines is 1. The van der Waals surface area contributed by atoms with Crippen LogP contribution in [-0.4, -0.2) is 42.3 Å². The number of ether oxygens (including phenoxy) is 1. The van der Waals surface area contributed by atoms with Crippen molar-refractivity contribution in [2.45, 2.75) is 25.9 Å². The molecule has 0 aliphatic carbocycles. The third-order valence-corrected chi connectivity index (χ3v) is 8.21. The van der Waals surface area contributed by atoms with Crippen LogP contribution < -0.4 is 15.0 Å². The van der Waals surface area contributed by atoms with E-state index >= 15 is 0 Å². The predicted molar refractivity (Wildman–Crippen MR) is 166 cm³/mol. The number of benzene rings is 2. The zero-order chi connectivity index (χ0) is 29.4. The summed E-state index contributed by atoms with van der Waals surface area (Å²) < 4.78 is 50.4. The standard InChI is InChI=1S/C30H33F3N5OPS/c1-20(19-41-21(2)23-13-14-35-36-17-23)29(40)37-25-11-12-26(39-24-9-5-4-6-10-24)27(30(31,32)33)28(25)38-15-7-8-22(18-38)16-34-3/h4-6,9-14,17,19,22,34H,2,7-8,15-16,18,40H2,1,3H3/b20-19+,37-29?/t22-/m0/s1. The number of hydrogen-bond acceptors (Lipinski definition) is 7. The Morgan fingerprint density at radius 3 is 2.68 bits per heavy atom. The SMILES string of the molecule is C=C(S/C=C(\C)C(P)=Nc1ccc(Oc2ccccc2)c(C(F)(F)F)c1N1CCC[C@@H](CNC)C1)c1ccnnc1. The number of alkyl halides is 3. The van der Waals surface area contributed by atoms with Crippen LogP contribution in [0, 0.1) is 5.92 Å². The molecule has 0 bridgehead atoms. The molecule has 1 aromatic heterocycles. The molecule has 216 valence electrons. The fourth-order valence-corrected chi connectivity index (χ4v) is 5.67. The molecular weight excluding hydrogens is 566 g/mol. The van der Waals surface area contributed by atoms with Crippen LogP contribution in [0.1, 0.15) is 30.9 Å². The largest absolute Gasteiger partial charge is 0.457 e. The minimum absolute atomic E-state index is 0.0411. The van der Waals surface area contributed by atoms with Crippen molar-refractivity contribution in [3.63, 3.8) is 0 Å². The van der Waals surface area contributed by atoms with Gasteiger partial charge in [0.1, 0.15) is 17.1 Å². The predicted octanol–water partition coefficient (Wildman–Crippen LogP) is 7.94. The molecule has 1 aliphatic heterocycles. The summed E-state index contributed by atoms with van der Waals surface area (Å²) in [5, 5.41) is 12.7. The third-order valence-electron chi connectivity index (χ3n) is 6.63. The van der Waals surface area contributed by atoms with Gasteiger partial charge in [-0.3, -0.25) is 0 Å². The summed E-state index contributed by atoms with van der Waals surface area (Å²) in [5.41, 5.74) is 1.60. The number of aliphatic imine (C=N–C) groups is 1. The number of thioether (sulfide) groups is 1. The van der Waals surface area contributed by atoms with Crippen LogP contribution in [0.25, 0.3) is 4.91 Å². The van der Waals surface area contributed by atoms with Crippen LogP contribution in [-0.2, 0) is 6.18 Å². The number of rotatable bonds is 10. The molecule has 41 heavy (non-hydrogen) atoms. The molecule has 3 aromatic rings. The molecule has 1 fully saturated rings. The number of para-hydroxylation sites is 1. The number of aromatic nitrogens is 2. The molecule has 0 spiro atoms. The van der Waals surface area contributed by atoms with Crippen molar-refractivity contribution in [1.82, 2.24) is 15.5 Å². The van der Waals surface area contributed by atoms with E-state index in [9.17, 15) is 13.2 Å². The summed E-state index contributed by atoms with van der Waals surface area (Å²) in [6.45, 7) is 7.64. The average molecular weight is 600 g/mol. The van der Waals surface area contributed by atoms with E-state index in [1.54, 1.807) is 48.8 Å². The van der Waals surface area contributed by atoms with Crippen molar-refractivity contribution >= 4 is 42.7 Å². The van der Waals surface area contributed by atoms with Gasteiger partial charge in [0.15, 0.2) is 0 Å². The van der Waals surface area contributed by atoms with Crippen LogP contribution in [0.5, 0.6) is 11.5 Å². The lowest BCUT2D eigenvalue weighted by molar-refractivity contribution is -0.138. The first-order chi connectivity index (χ1) is 19.7. The number of nitrogens with one attached hydrogen (secondary N) is 1. The molecule has 2 heterocycles. The number of allylic oxidation sites excluding steroid dienone is 1. The molecule has 1 aliphatic rings. The van der Waals surface area contributed by atoms with Crippen molar-refractivity contribution < 1.29 is 17.9 Å². The van der Waals surface area contributed by atoms with E-state index in [4.69, 9.17) is 9.73 Å².